The molecule has 1 aliphatic rings. The van der Waals surface area contributed by atoms with Crippen LogP contribution in [-0.4, -0.2) is 50.7 Å². The monoisotopic (exact) mass is 390 g/mol. The van der Waals surface area contributed by atoms with E-state index in [-0.39, 0.29) is 18.1 Å². The summed E-state index contributed by atoms with van der Waals surface area (Å²) in [5, 5.41) is 2.72. The third-order valence-corrected chi connectivity index (χ3v) is 5.88. The van der Waals surface area contributed by atoms with E-state index in [1.165, 1.54) is 4.31 Å². The average Bonchev–Trinajstić information content (AvgIpc) is 2.49. The second kappa shape index (κ2) is 7.54. The van der Waals surface area contributed by atoms with E-state index in [1.54, 1.807) is 6.07 Å². The van der Waals surface area contributed by atoms with Gasteiger partial charge >= 0.3 is 0 Å². The zero-order chi connectivity index (χ0) is 16.2. The lowest BCUT2D eigenvalue weighted by Gasteiger charge is -2.25. The fourth-order valence-corrected chi connectivity index (χ4v) is 4.11. The van der Waals surface area contributed by atoms with Crippen molar-refractivity contribution < 1.29 is 17.9 Å². The summed E-state index contributed by atoms with van der Waals surface area (Å²) in [6.45, 7) is 3.47. The number of rotatable bonds is 5. The Kier molecular flexibility index (Phi) is 5.96. The number of aryl methyl sites for hydroxylation is 1. The van der Waals surface area contributed by atoms with Crippen molar-refractivity contribution in [1.82, 2.24) is 4.31 Å². The highest BCUT2D eigenvalue weighted by atomic mass is 79.9. The average molecular weight is 391 g/mol. The molecule has 22 heavy (non-hydrogen) atoms. The highest BCUT2D eigenvalue weighted by Gasteiger charge is 2.24. The molecule has 1 aliphatic heterocycles. The van der Waals surface area contributed by atoms with Crippen molar-refractivity contribution in [3.05, 3.63) is 28.2 Å². The Morgan fingerprint density at radius 2 is 2.05 bits per heavy atom. The third-order valence-electron chi connectivity index (χ3n) is 3.35. The number of nitrogens with one attached hydrogen (secondary N) is 1. The van der Waals surface area contributed by atoms with Gasteiger partial charge in [0.05, 0.1) is 24.7 Å². The van der Waals surface area contributed by atoms with Gasteiger partial charge in [0.25, 0.3) is 0 Å². The van der Waals surface area contributed by atoms with Crippen molar-refractivity contribution >= 4 is 37.5 Å². The van der Waals surface area contributed by atoms with Crippen LogP contribution in [0.15, 0.2) is 22.7 Å². The fraction of sp³-hybridized carbons (Fsp3) is 0.500. The van der Waals surface area contributed by atoms with Gasteiger partial charge in [-0.2, -0.15) is 4.31 Å². The molecule has 1 heterocycles. The van der Waals surface area contributed by atoms with Crippen LogP contribution >= 0.6 is 15.9 Å². The molecule has 0 radical (unpaired) electrons. The van der Waals surface area contributed by atoms with E-state index < -0.39 is 10.0 Å². The Bertz CT molecular complexity index is 642. The normalized spacial score (nSPS) is 16.5. The number of morpholine rings is 1. The van der Waals surface area contributed by atoms with E-state index >= 15 is 0 Å². The van der Waals surface area contributed by atoms with Crippen LogP contribution in [0.3, 0.4) is 0 Å². The molecule has 122 valence electrons. The maximum Gasteiger partial charge on any atom is 0.225 e. The van der Waals surface area contributed by atoms with E-state index in [4.69, 9.17) is 4.74 Å². The van der Waals surface area contributed by atoms with Crippen molar-refractivity contribution in [3.8, 4) is 0 Å². The summed E-state index contributed by atoms with van der Waals surface area (Å²) in [6, 6.07) is 5.55. The predicted octanol–water partition coefficient (Wildman–Crippen LogP) is 1.75. The number of nitrogens with zero attached hydrogens (tertiary/aromatic N) is 1. The Morgan fingerprint density at radius 3 is 2.68 bits per heavy atom. The topological polar surface area (TPSA) is 75.7 Å². The Morgan fingerprint density at radius 1 is 1.36 bits per heavy atom. The number of benzene rings is 1. The van der Waals surface area contributed by atoms with Gasteiger partial charge in [0.15, 0.2) is 0 Å². The highest BCUT2D eigenvalue weighted by Crippen LogP contribution is 2.23. The number of anilines is 1. The molecule has 8 heteroatoms. The molecule has 0 aromatic heterocycles. The van der Waals surface area contributed by atoms with Crippen LogP contribution < -0.4 is 5.32 Å². The number of carbonyl (C=O) groups is 1. The summed E-state index contributed by atoms with van der Waals surface area (Å²) in [5.74, 6) is -0.510. The van der Waals surface area contributed by atoms with Crippen molar-refractivity contribution in [2.45, 2.75) is 13.3 Å². The highest BCUT2D eigenvalue weighted by molar-refractivity contribution is 9.10. The molecule has 1 aromatic rings. The number of ether oxygens (including phenoxy) is 1. The molecule has 1 fully saturated rings. The maximum atomic E-state index is 12.1. The minimum Gasteiger partial charge on any atom is -0.379 e. The molecular weight excluding hydrogens is 372 g/mol. The number of carbonyl (C=O) groups excluding carboxylic acids is 1. The molecule has 0 spiro atoms. The van der Waals surface area contributed by atoms with Gasteiger partial charge in [0.2, 0.25) is 15.9 Å². The maximum absolute atomic E-state index is 12.1. The van der Waals surface area contributed by atoms with E-state index in [0.29, 0.717) is 32.0 Å². The van der Waals surface area contributed by atoms with Crippen molar-refractivity contribution in [2.24, 2.45) is 0 Å². The quantitative estimate of drug-likeness (QED) is 0.830. The summed E-state index contributed by atoms with van der Waals surface area (Å²) >= 11 is 3.37. The van der Waals surface area contributed by atoms with E-state index in [2.05, 4.69) is 21.2 Å². The molecule has 0 aliphatic carbocycles. The number of hydrogen-bond acceptors (Lipinski definition) is 4. The number of amides is 1. The van der Waals surface area contributed by atoms with Gasteiger partial charge in [-0.25, -0.2) is 8.42 Å². The summed E-state index contributed by atoms with van der Waals surface area (Å²) in [7, 11) is -3.41. The molecule has 1 N–H and O–H groups in total. The fourth-order valence-electron chi connectivity index (χ4n) is 2.11. The molecule has 0 unspecified atom stereocenters. The first-order valence-corrected chi connectivity index (χ1v) is 9.40. The van der Waals surface area contributed by atoms with Crippen LogP contribution in [0.25, 0.3) is 0 Å². The third kappa shape index (κ3) is 4.77. The van der Waals surface area contributed by atoms with E-state index in [0.717, 1.165) is 10.0 Å². The van der Waals surface area contributed by atoms with Gasteiger partial charge in [-0.1, -0.05) is 6.07 Å². The smallest absolute Gasteiger partial charge is 0.225 e. The SMILES string of the molecule is Cc1ccc(NC(=O)CCS(=O)(=O)N2CCOCC2)c(Br)c1. The second-order valence-electron chi connectivity index (χ2n) is 5.11. The van der Waals surface area contributed by atoms with Crippen LogP contribution in [0.2, 0.25) is 0 Å². The van der Waals surface area contributed by atoms with Crippen LogP contribution in [0.4, 0.5) is 5.69 Å². The van der Waals surface area contributed by atoms with Crippen molar-refractivity contribution in [3.63, 3.8) is 0 Å². The molecular formula is C14H19BrN2O4S. The van der Waals surface area contributed by atoms with Crippen LogP contribution in [0, 0.1) is 6.92 Å². The molecule has 1 amide bonds. The van der Waals surface area contributed by atoms with Gasteiger partial charge in [-0.3, -0.25) is 4.79 Å². The second-order valence-corrected chi connectivity index (χ2v) is 8.05. The molecule has 1 saturated heterocycles. The van der Waals surface area contributed by atoms with Crippen LogP contribution in [0.1, 0.15) is 12.0 Å². The molecule has 0 atom stereocenters. The van der Waals surface area contributed by atoms with Crippen molar-refractivity contribution in [2.75, 3.05) is 37.4 Å². The molecule has 0 bridgehead atoms. The predicted molar refractivity (Wildman–Crippen MR) is 88.3 cm³/mol. The van der Waals surface area contributed by atoms with E-state index in [9.17, 15) is 13.2 Å². The standard InChI is InChI=1S/C14H19BrN2O4S/c1-11-2-3-13(12(15)10-11)16-14(18)4-9-22(19,20)17-5-7-21-8-6-17/h2-3,10H,4-9H2,1H3,(H,16,18). The van der Waals surface area contributed by atoms with Gasteiger partial charge in [0.1, 0.15) is 0 Å². The van der Waals surface area contributed by atoms with Gasteiger partial charge in [-0.15, -0.1) is 0 Å². The lowest BCUT2D eigenvalue weighted by Crippen LogP contribution is -2.42. The zero-order valence-corrected chi connectivity index (χ0v) is 14.7. The Labute approximate surface area is 139 Å². The minimum atomic E-state index is -3.41. The van der Waals surface area contributed by atoms with E-state index in [1.807, 2.05) is 19.1 Å². The van der Waals surface area contributed by atoms with Crippen molar-refractivity contribution in [1.29, 1.82) is 0 Å². The first-order chi connectivity index (χ1) is 10.4. The Balaban J connectivity index is 1.89. The lowest BCUT2D eigenvalue weighted by atomic mass is 10.2. The molecule has 0 saturated carbocycles. The molecule has 1 aromatic carbocycles. The van der Waals surface area contributed by atoms with Gasteiger partial charge in [0, 0.05) is 24.0 Å². The number of halogens is 1. The first kappa shape index (κ1) is 17.4. The van der Waals surface area contributed by atoms with Gasteiger partial charge < -0.3 is 10.1 Å². The summed E-state index contributed by atoms with van der Waals surface area (Å²) in [4.78, 5) is 11.9. The summed E-state index contributed by atoms with van der Waals surface area (Å²) < 4.78 is 31.6. The molecule has 6 nitrogen and oxygen atoms in total. The zero-order valence-electron chi connectivity index (χ0n) is 12.3. The summed E-state index contributed by atoms with van der Waals surface area (Å²) in [5.41, 5.74) is 1.71. The van der Waals surface area contributed by atoms with Crippen LogP contribution in [-0.2, 0) is 19.6 Å². The Hall–Kier alpha value is -0.960. The summed E-state index contributed by atoms with van der Waals surface area (Å²) in [6.07, 6.45) is -0.0694. The number of hydrogen-bond donors (Lipinski definition) is 1. The molecule has 2 rings (SSSR count). The number of sulfonamides is 1. The van der Waals surface area contributed by atoms with Crippen LogP contribution in [0.5, 0.6) is 0 Å². The lowest BCUT2D eigenvalue weighted by molar-refractivity contribution is -0.115. The minimum absolute atomic E-state index is 0.0694. The largest absolute Gasteiger partial charge is 0.379 e. The van der Waals surface area contributed by atoms with Gasteiger partial charge in [-0.05, 0) is 40.5 Å². The first-order valence-electron chi connectivity index (χ1n) is 7.00.